The highest BCUT2D eigenvalue weighted by atomic mass is 14.9. The Hall–Kier alpha value is -0.410. The second-order valence-electron chi connectivity index (χ2n) is 1.77. The molecule has 3 nitrogen and oxygen atoms in total. The lowest BCUT2D eigenvalue weighted by Gasteiger charge is -1.96. The first-order chi connectivity index (χ1) is 4.41. The van der Waals surface area contributed by atoms with Crippen molar-refractivity contribution in [2.45, 2.75) is 6.42 Å². The van der Waals surface area contributed by atoms with Crippen LogP contribution in [0.5, 0.6) is 0 Å². The summed E-state index contributed by atoms with van der Waals surface area (Å²) >= 11 is 0. The predicted molar refractivity (Wildman–Crippen MR) is 41.0 cm³/mol. The van der Waals surface area contributed by atoms with E-state index in [1.54, 1.807) is 7.05 Å². The van der Waals surface area contributed by atoms with Gasteiger partial charge < -0.3 is 16.0 Å². The van der Waals surface area contributed by atoms with Crippen molar-refractivity contribution in [3.8, 4) is 0 Å². The average molecular weight is 129 g/mol. The zero-order valence-corrected chi connectivity index (χ0v) is 5.93. The van der Waals surface area contributed by atoms with Crippen LogP contribution in [0.2, 0.25) is 0 Å². The molecule has 0 spiro atoms. The first-order valence-electron chi connectivity index (χ1n) is 3.23. The van der Waals surface area contributed by atoms with E-state index in [-0.39, 0.29) is 0 Å². The van der Waals surface area contributed by atoms with Crippen molar-refractivity contribution in [1.82, 2.24) is 5.32 Å². The minimum Gasteiger partial charge on any atom is -0.329 e. The van der Waals surface area contributed by atoms with E-state index >= 15 is 0 Å². The van der Waals surface area contributed by atoms with Crippen LogP contribution in [0.15, 0.2) is 4.99 Å². The Labute approximate surface area is 56.3 Å². The van der Waals surface area contributed by atoms with Gasteiger partial charge in [0.25, 0.3) is 0 Å². The summed E-state index contributed by atoms with van der Waals surface area (Å²) < 4.78 is 0. The van der Waals surface area contributed by atoms with Crippen LogP contribution in [-0.4, -0.2) is 32.9 Å². The second-order valence-corrected chi connectivity index (χ2v) is 1.77. The third-order valence-corrected chi connectivity index (χ3v) is 0.954. The molecule has 9 heavy (non-hydrogen) atoms. The average Bonchev–Trinajstić information content (AvgIpc) is 1.89. The van der Waals surface area contributed by atoms with E-state index in [1.807, 2.05) is 6.21 Å². The number of hydrogen-bond donors (Lipinski definition) is 2. The smallest absolute Gasteiger partial charge is 0.0273 e. The van der Waals surface area contributed by atoms with E-state index in [2.05, 4.69) is 10.3 Å². The summed E-state index contributed by atoms with van der Waals surface area (Å²) in [5.74, 6) is 0. The summed E-state index contributed by atoms with van der Waals surface area (Å²) in [6.45, 7) is 2.59. The fourth-order valence-corrected chi connectivity index (χ4v) is 0.523. The molecular formula is C6H15N3. The van der Waals surface area contributed by atoms with Crippen molar-refractivity contribution in [3.05, 3.63) is 0 Å². The molecule has 0 saturated heterocycles. The summed E-state index contributed by atoms with van der Waals surface area (Å²) in [5, 5.41) is 3.15. The van der Waals surface area contributed by atoms with Gasteiger partial charge in [-0.05, 0) is 12.6 Å². The SMILES string of the molecule is C/N=C/CCNCCN. The summed E-state index contributed by atoms with van der Waals surface area (Å²) in [7, 11) is 1.78. The topological polar surface area (TPSA) is 50.4 Å². The zero-order chi connectivity index (χ0) is 6.95. The van der Waals surface area contributed by atoms with Crippen LogP contribution in [0, 0.1) is 0 Å². The summed E-state index contributed by atoms with van der Waals surface area (Å²) in [5.41, 5.74) is 5.25. The molecule has 0 saturated carbocycles. The Bertz CT molecular complexity index is 70.7. The molecule has 0 amide bonds. The van der Waals surface area contributed by atoms with Crippen LogP contribution < -0.4 is 11.1 Å². The molecule has 0 fully saturated rings. The molecule has 0 aromatic rings. The van der Waals surface area contributed by atoms with Gasteiger partial charge in [-0.15, -0.1) is 0 Å². The lowest BCUT2D eigenvalue weighted by Crippen LogP contribution is -2.23. The van der Waals surface area contributed by atoms with E-state index in [9.17, 15) is 0 Å². The van der Waals surface area contributed by atoms with Gasteiger partial charge in [-0.1, -0.05) is 0 Å². The van der Waals surface area contributed by atoms with Gasteiger partial charge >= 0.3 is 0 Å². The Morgan fingerprint density at radius 2 is 2.33 bits per heavy atom. The highest BCUT2D eigenvalue weighted by Crippen LogP contribution is 1.67. The maximum Gasteiger partial charge on any atom is 0.0273 e. The monoisotopic (exact) mass is 129 g/mol. The highest BCUT2D eigenvalue weighted by molar-refractivity contribution is 5.56. The molecule has 0 aromatic carbocycles. The number of aliphatic imine (C=N–C) groups is 1. The minimum absolute atomic E-state index is 0.712. The Morgan fingerprint density at radius 1 is 1.56 bits per heavy atom. The number of rotatable bonds is 5. The van der Waals surface area contributed by atoms with Crippen molar-refractivity contribution in [2.24, 2.45) is 10.7 Å². The van der Waals surface area contributed by atoms with Crippen LogP contribution in [-0.2, 0) is 0 Å². The van der Waals surface area contributed by atoms with Crippen molar-refractivity contribution in [2.75, 3.05) is 26.7 Å². The van der Waals surface area contributed by atoms with Crippen molar-refractivity contribution >= 4 is 6.21 Å². The molecule has 0 aliphatic heterocycles. The number of hydrogen-bond acceptors (Lipinski definition) is 3. The van der Waals surface area contributed by atoms with Crippen LogP contribution in [0.3, 0.4) is 0 Å². The van der Waals surface area contributed by atoms with E-state index in [4.69, 9.17) is 5.73 Å². The van der Waals surface area contributed by atoms with Gasteiger partial charge in [-0.25, -0.2) is 0 Å². The van der Waals surface area contributed by atoms with Crippen LogP contribution in [0.25, 0.3) is 0 Å². The Balaban J connectivity index is 2.75. The lowest BCUT2D eigenvalue weighted by atomic mass is 10.4. The molecule has 54 valence electrons. The van der Waals surface area contributed by atoms with Crippen molar-refractivity contribution < 1.29 is 0 Å². The standard InChI is InChI=1S/C6H15N3/c1-8-4-2-5-9-6-3-7/h4,9H,2-3,5-7H2,1H3/b8-4+. The minimum atomic E-state index is 0.712. The second kappa shape index (κ2) is 7.59. The lowest BCUT2D eigenvalue weighted by molar-refractivity contribution is 0.708. The van der Waals surface area contributed by atoms with E-state index < -0.39 is 0 Å². The van der Waals surface area contributed by atoms with Gasteiger partial charge in [0.1, 0.15) is 0 Å². The van der Waals surface area contributed by atoms with Gasteiger partial charge in [0, 0.05) is 26.7 Å². The molecule has 0 rings (SSSR count). The molecule has 0 unspecified atom stereocenters. The largest absolute Gasteiger partial charge is 0.329 e. The molecule has 0 radical (unpaired) electrons. The first kappa shape index (κ1) is 8.59. The predicted octanol–water partition coefficient (Wildman–Crippen LogP) is -0.375. The molecule has 0 aromatic heterocycles. The third kappa shape index (κ3) is 7.59. The van der Waals surface area contributed by atoms with Crippen LogP contribution in [0.4, 0.5) is 0 Å². The fourth-order valence-electron chi connectivity index (χ4n) is 0.523. The molecule has 0 bridgehead atoms. The van der Waals surface area contributed by atoms with Crippen molar-refractivity contribution in [3.63, 3.8) is 0 Å². The van der Waals surface area contributed by atoms with Gasteiger partial charge in [0.05, 0.1) is 0 Å². The molecule has 0 aliphatic carbocycles. The molecular weight excluding hydrogens is 114 g/mol. The van der Waals surface area contributed by atoms with Gasteiger partial charge in [0.2, 0.25) is 0 Å². The number of nitrogens with zero attached hydrogens (tertiary/aromatic N) is 1. The van der Waals surface area contributed by atoms with Gasteiger partial charge in [-0.3, -0.25) is 0 Å². The van der Waals surface area contributed by atoms with E-state index in [0.29, 0.717) is 6.54 Å². The third-order valence-electron chi connectivity index (χ3n) is 0.954. The first-order valence-corrected chi connectivity index (χ1v) is 3.23. The quantitative estimate of drug-likeness (QED) is 0.393. The zero-order valence-electron chi connectivity index (χ0n) is 5.93. The van der Waals surface area contributed by atoms with Crippen molar-refractivity contribution in [1.29, 1.82) is 0 Å². The molecule has 3 heteroatoms. The number of nitrogens with one attached hydrogen (secondary N) is 1. The van der Waals surface area contributed by atoms with Gasteiger partial charge in [0.15, 0.2) is 0 Å². The molecule has 3 N–H and O–H groups in total. The molecule has 0 heterocycles. The summed E-state index contributed by atoms with van der Waals surface area (Å²) in [6.07, 6.45) is 2.89. The van der Waals surface area contributed by atoms with Crippen LogP contribution in [0.1, 0.15) is 6.42 Å². The molecule has 0 aliphatic rings. The maximum absolute atomic E-state index is 5.25. The summed E-state index contributed by atoms with van der Waals surface area (Å²) in [4.78, 5) is 3.84. The number of nitrogens with two attached hydrogens (primary N) is 1. The highest BCUT2D eigenvalue weighted by Gasteiger charge is 1.79. The van der Waals surface area contributed by atoms with Gasteiger partial charge in [-0.2, -0.15) is 0 Å². The van der Waals surface area contributed by atoms with E-state index in [1.165, 1.54) is 0 Å². The normalized spacial score (nSPS) is 10.9. The Morgan fingerprint density at radius 3 is 2.89 bits per heavy atom. The van der Waals surface area contributed by atoms with Crippen LogP contribution >= 0.6 is 0 Å². The summed E-state index contributed by atoms with van der Waals surface area (Å²) in [6, 6.07) is 0. The molecule has 0 atom stereocenters. The fraction of sp³-hybridized carbons (Fsp3) is 0.833. The Kier molecular flexibility index (Phi) is 7.24. The maximum atomic E-state index is 5.25. The van der Waals surface area contributed by atoms with E-state index in [0.717, 1.165) is 19.5 Å².